The van der Waals surface area contributed by atoms with Crippen LogP contribution >= 0.6 is 11.8 Å². The first kappa shape index (κ1) is 12.7. The van der Waals surface area contributed by atoms with E-state index in [0.717, 1.165) is 4.90 Å². The minimum atomic E-state index is -0.241. The zero-order valence-electron chi connectivity index (χ0n) is 9.36. The van der Waals surface area contributed by atoms with Crippen LogP contribution in [0.1, 0.15) is 6.92 Å². The molecule has 0 amide bonds. The number of benzene rings is 1. The van der Waals surface area contributed by atoms with Crippen LogP contribution in [0.3, 0.4) is 0 Å². The lowest BCUT2D eigenvalue weighted by Crippen LogP contribution is -2.06. The Morgan fingerprint density at radius 2 is 2.25 bits per heavy atom. The second-order valence-electron chi connectivity index (χ2n) is 2.97. The van der Waals surface area contributed by atoms with Crippen molar-refractivity contribution in [1.29, 1.82) is 0 Å². The molecule has 1 rings (SSSR count). The smallest absolute Gasteiger partial charge is 0.316 e. The average molecular weight is 241 g/mol. The van der Waals surface area contributed by atoms with E-state index < -0.39 is 0 Å². The number of esters is 1. The number of hydrogen-bond donors (Lipinski definition) is 1. The van der Waals surface area contributed by atoms with Crippen LogP contribution in [0.4, 0.5) is 5.69 Å². The highest BCUT2D eigenvalue weighted by Gasteiger charge is 2.08. The summed E-state index contributed by atoms with van der Waals surface area (Å²) in [5, 5.41) is 0. The number of carbonyl (C=O) groups is 1. The number of carbonyl (C=O) groups excluding carboxylic acids is 1. The van der Waals surface area contributed by atoms with Crippen LogP contribution in [-0.4, -0.2) is 25.4 Å². The van der Waals surface area contributed by atoms with Gasteiger partial charge in [0.2, 0.25) is 0 Å². The third kappa shape index (κ3) is 3.34. The van der Waals surface area contributed by atoms with Crippen LogP contribution in [0.2, 0.25) is 0 Å². The topological polar surface area (TPSA) is 61.5 Å². The molecular weight excluding hydrogens is 226 g/mol. The second-order valence-corrected chi connectivity index (χ2v) is 3.98. The van der Waals surface area contributed by atoms with Gasteiger partial charge in [-0.15, -0.1) is 11.8 Å². The van der Waals surface area contributed by atoms with Crippen LogP contribution in [0, 0.1) is 0 Å². The van der Waals surface area contributed by atoms with Crippen molar-refractivity contribution in [2.45, 2.75) is 11.8 Å². The van der Waals surface area contributed by atoms with Crippen LogP contribution in [0.5, 0.6) is 5.75 Å². The van der Waals surface area contributed by atoms with Crippen molar-refractivity contribution in [2.75, 3.05) is 25.2 Å². The predicted molar refractivity (Wildman–Crippen MR) is 64.8 cm³/mol. The number of rotatable bonds is 5. The van der Waals surface area contributed by atoms with Gasteiger partial charge in [-0.3, -0.25) is 4.79 Å². The van der Waals surface area contributed by atoms with Gasteiger partial charge in [0.15, 0.2) is 0 Å². The van der Waals surface area contributed by atoms with E-state index in [2.05, 4.69) is 0 Å². The number of anilines is 1. The second kappa shape index (κ2) is 6.27. The van der Waals surface area contributed by atoms with Gasteiger partial charge in [0.05, 0.1) is 25.2 Å². The Morgan fingerprint density at radius 3 is 2.88 bits per heavy atom. The summed E-state index contributed by atoms with van der Waals surface area (Å²) in [7, 11) is 1.56. The molecule has 16 heavy (non-hydrogen) atoms. The molecule has 0 saturated heterocycles. The molecule has 0 heterocycles. The minimum Gasteiger partial charge on any atom is -0.495 e. The Morgan fingerprint density at radius 1 is 1.50 bits per heavy atom. The summed E-state index contributed by atoms with van der Waals surface area (Å²) >= 11 is 1.35. The Balaban J connectivity index is 2.63. The van der Waals surface area contributed by atoms with Gasteiger partial charge in [0.1, 0.15) is 5.75 Å². The molecule has 0 bridgehead atoms. The molecule has 0 aliphatic rings. The van der Waals surface area contributed by atoms with Crippen LogP contribution in [0.25, 0.3) is 0 Å². The summed E-state index contributed by atoms with van der Waals surface area (Å²) in [6, 6.07) is 5.47. The van der Waals surface area contributed by atoms with E-state index >= 15 is 0 Å². The molecule has 0 aliphatic carbocycles. The molecule has 0 radical (unpaired) electrons. The summed E-state index contributed by atoms with van der Waals surface area (Å²) in [5.41, 5.74) is 6.41. The van der Waals surface area contributed by atoms with Gasteiger partial charge in [-0.05, 0) is 19.1 Å². The minimum absolute atomic E-state index is 0.241. The molecule has 0 fully saturated rings. The Hall–Kier alpha value is -1.36. The number of nitrogens with two attached hydrogens (primary N) is 1. The van der Waals surface area contributed by atoms with Gasteiger partial charge in [0.25, 0.3) is 0 Å². The number of ether oxygens (including phenoxy) is 2. The van der Waals surface area contributed by atoms with Crippen molar-refractivity contribution in [2.24, 2.45) is 0 Å². The summed E-state index contributed by atoms with van der Waals surface area (Å²) in [4.78, 5) is 12.0. The largest absolute Gasteiger partial charge is 0.495 e. The fourth-order valence-corrected chi connectivity index (χ4v) is 1.95. The van der Waals surface area contributed by atoms with Gasteiger partial charge in [-0.25, -0.2) is 0 Å². The first-order valence-electron chi connectivity index (χ1n) is 4.90. The number of hydrogen-bond acceptors (Lipinski definition) is 5. The molecule has 0 aliphatic heterocycles. The number of thioether (sulfide) groups is 1. The molecule has 0 atom stereocenters. The monoisotopic (exact) mass is 241 g/mol. The van der Waals surface area contributed by atoms with Crippen molar-refractivity contribution in [1.82, 2.24) is 0 Å². The Kier molecular flexibility index (Phi) is 4.98. The zero-order chi connectivity index (χ0) is 12.0. The third-order valence-electron chi connectivity index (χ3n) is 1.90. The molecule has 0 unspecified atom stereocenters. The molecule has 0 spiro atoms. The van der Waals surface area contributed by atoms with Crippen molar-refractivity contribution >= 4 is 23.4 Å². The molecule has 0 saturated carbocycles. The Bertz CT molecular complexity index is 368. The van der Waals surface area contributed by atoms with Gasteiger partial charge < -0.3 is 15.2 Å². The fraction of sp³-hybridized carbons (Fsp3) is 0.364. The maximum absolute atomic E-state index is 11.2. The lowest BCUT2D eigenvalue weighted by molar-refractivity contribution is -0.139. The van der Waals surface area contributed by atoms with Gasteiger partial charge in [-0.2, -0.15) is 0 Å². The standard InChI is InChI=1S/C11H15NO3S/c1-3-15-10(13)7-16-9-6-4-5-8(14-2)11(9)12/h4-6H,3,7,12H2,1-2H3. The van der Waals surface area contributed by atoms with Crippen LogP contribution < -0.4 is 10.5 Å². The highest BCUT2D eigenvalue weighted by Crippen LogP contribution is 2.32. The zero-order valence-corrected chi connectivity index (χ0v) is 10.2. The number of para-hydroxylation sites is 1. The highest BCUT2D eigenvalue weighted by molar-refractivity contribution is 8.00. The summed E-state index contributed by atoms with van der Waals surface area (Å²) in [5.74, 6) is 0.633. The van der Waals surface area contributed by atoms with Crippen molar-refractivity contribution in [3.05, 3.63) is 18.2 Å². The lowest BCUT2D eigenvalue weighted by Gasteiger charge is -2.08. The molecule has 88 valence electrons. The number of nitrogen functional groups attached to an aromatic ring is 1. The van der Waals surface area contributed by atoms with Gasteiger partial charge in [-0.1, -0.05) is 6.07 Å². The molecular formula is C11H15NO3S. The predicted octanol–water partition coefficient (Wildman–Crippen LogP) is 1.93. The molecule has 5 heteroatoms. The quantitative estimate of drug-likeness (QED) is 0.485. The molecule has 0 aromatic heterocycles. The molecule has 2 N–H and O–H groups in total. The molecule has 4 nitrogen and oxygen atoms in total. The first-order chi connectivity index (χ1) is 7.69. The molecule has 1 aromatic carbocycles. The van der Waals surface area contributed by atoms with Crippen molar-refractivity contribution < 1.29 is 14.3 Å². The van der Waals surface area contributed by atoms with Gasteiger partial charge >= 0.3 is 5.97 Å². The van der Waals surface area contributed by atoms with Crippen molar-refractivity contribution in [3.8, 4) is 5.75 Å². The van der Waals surface area contributed by atoms with E-state index in [9.17, 15) is 4.79 Å². The number of methoxy groups -OCH3 is 1. The molecule has 1 aromatic rings. The normalized spacial score (nSPS) is 9.88. The summed E-state index contributed by atoms with van der Waals surface area (Å²) in [6.45, 7) is 2.18. The van der Waals surface area contributed by atoms with E-state index in [4.69, 9.17) is 15.2 Å². The first-order valence-corrected chi connectivity index (χ1v) is 5.88. The highest BCUT2D eigenvalue weighted by atomic mass is 32.2. The van der Waals surface area contributed by atoms with Crippen LogP contribution in [0.15, 0.2) is 23.1 Å². The van der Waals surface area contributed by atoms with Gasteiger partial charge in [0, 0.05) is 4.90 Å². The average Bonchev–Trinajstić information content (AvgIpc) is 2.28. The third-order valence-corrected chi connectivity index (χ3v) is 2.94. The van der Waals surface area contributed by atoms with E-state index in [1.807, 2.05) is 12.1 Å². The summed E-state index contributed by atoms with van der Waals surface area (Å²) in [6.07, 6.45) is 0. The summed E-state index contributed by atoms with van der Waals surface area (Å²) < 4.78 is 9.91. The van der Waals surface area contributed by atoms with Crippen LogP contribution in [-0.2, 0) is 9.53 Å². The van der Waals surface area contributed by atoms with E-state index in [-0.39, 0.29) is 11.7 Å². The maximum atomic E-state index is 11.2. The van der Waals surface area contributed by atoms with E-state index in [1.54, 1.807) is 20.1 Å². The van der Waals surface area contributed by atoms with E-state index in [1.165, 1.54) is 11.8 Å². The maximum Gasteiger partial charge on any atom is 0.316 e. The van der Waals surface area contributed by atoms with Crippen molar-refractivity contribution in [3.63, 3.8) is 0 Å². The fourth-order valence-electron chi connectivity index (χ4n) is 1.17. The SMILES string of the molecule is CCOC(=O)CSc1cccc(OC)c1N. The van der Waals surface area contributed by atoms with E-state index in [0.29, 0.717) is 18.0 Å². The lowest BCUT2D eigenvalue weighted by atomic mass is 10.3. The Labute approximate surface area is 99.1 Å².